The zero-order chi connectivity index (χ0) is 15.7. The van der Waals surface area contributed by atoms with Gasteiger partial charge in [-0.2, -0.15) is 6.54 Å². The van der Waals surface area contributed by atoms with Crippen molar-refractivity contribution >= 4 is 16.9 Å². The Morgan fingerprint density at radius 2 is 1.83 bits per heavy atom. The second-order valence-electron chi connectivity index (χ2n) is 4.45. The molecule has 4 N–H and O–H groups in total. The van der Waals surface area contributed by atoms with Crippen LogP contribution in [0.15, 0.2) is 36.5 Å². The number of nitrogens with one attached hydrogen (secondary N) is 2. The number of carbonyl (C=O) groups excluding carboxylic acids is 1. The molecule has 8 nitrogen and oxygen atoms in total. The molecule has 2 rings (SSSR count). The molecule has 0 saturated carbocycles. The number of hydrogen-bond donors (Lipinski definition) is 0. The summed E-state index contributed by atoms with van der Waals surface area (Å²) >= 11 is 0. The van der Waals surface area contributed by atoms with Crippen molar-refractivity contribution in [1.82, 2.24) is 4.98 Å². The summed E-state index contributed by atoms with van der Waals surface area (Å²) in [6.07, 6.45) is 3.24. The van der Waals surface area contributed by atoms with Crippen LogP contribution in [-0.4, -0.2) is 29.0 Å². The molecule has 0 aliphatic rings. The normalized spacial score (nSPS) is 10.1. The molecule has 1 aromatic heterocycles. The molecule has 1 unspecified atom stereocenters. The molecule has 1 aromatic carbocycles. The average molecular weight is 559 g/mol. The van der Waals surface area contributed by atoms with Gasteiger partial charge in [-0.05, 0) is 11.5 Å². The number of aromatic nitrogens is 1. The molecular weight excluding hydrogens is 540 g/mol. The summed E-state index contributed by atoms with van der Waals surface area (Å²) in [5.74, 6) is -1.33. The van der Waals surface area contributed by atoms with Crippen LogP contribution in [0.3, 0.4) is 0 Å². The zero-order valence-electron chi connectivity index (χ0n) is 13.0. The van der Waals surface area contributed by atoms with Gasteiger partial charge in [0.25, 0.3) is 0 Å². The molecule has 0 bridgehead atoms. The van der Waals surface area contributed by atoms with E-state index in [4.69, 9.17) is 11.5 Å². The molecule has 1 heterocycles. The van der Waals surface area contributed by atoms with Crippen molar-refractivity contribution in [2.24, 2.45) is 0 Å². The fourth-order valence-corrected chi connectivity index (χ4v) is 1.67. The Bertz CT molecular complexity index is 581. The Labute approximate surface area is 164 Å². The summed E-state index contributed by atoms with van der Waals surface area (Å²) in [5, 5.41) is 22.0. The van der Waals surface area contributed by atoms with E-state index in [9.17, 15) is 15.0 Å². The number of nitrogens with zero attached hydrogens (tertiary/aromatic N) is 1. The molecular formula is C15H19N3O5U-6. The first-order valence-electron chi connectivity index (χ1n) is 6.63. The number of hydrogen-bond acceptors (Lipinski definition) is 4. The Morgan fingerprint density at radius 3 is 2.38 bits per heavy atom. The second-order valence-corrected chi connectivity index (χ2v) is 4.45. The summed E-state index contributed by atoms with van der Waals surface area (Å²) in [6, 6.07) is 7.74. The van der Waals surface area contributed by atoms with Crippen LogP contribution in [0, 0.1) is 31.1 Å². The summed E-state index contributed by atoms with van der Waals surface area (Å²) in [7, 11) is 0. The first-order valence-corrected chi connectivity index (χ1v) is 6.63. The molecule has 0 fully saturated rings. The number of benzene rings is 1. The third-order valence-corrected chi connectivity index (χ3v) is 2.80. The molecule has 24 heavy (non-hydrogen) atoms. The second kappa shape index (κ2) is 15.3. The minimum Gasteiger partial charge on any atom is -2.00 e. The van der Waals surface area contributed by atoms with Crippen molar-refractivity contribution in [2.75, 3.05) is 6.54 Å². The molecule has 0 aliphatic carbocycles. The van der Waals surface area contributed by atoms with Gasteiger partial charge in [-0.25, -0.2) is 0 Å². The molecule has 2 aromatic rings. The van der Waals surface area contributed by atoms with Gasteiger partial charge < -0.3 is 37.4 Å². The van der Waals surface area contributed by atoms with Gasteiger partial charge in [0.2, 0.25) is 0 Å². The van der Waals surface area contributed by atoms with Crippen molar-refractivity contribution < 1.29 is 57.1 Å². The molecule has 0 spiro atoms. The van der Waals surface area contributed by atoms with Crippen LogP contribution in [0.4, 0.5) is 0 Å². The van der Waals surface area contributed by atoms with E-state index < -0.39 is 12.0 Å². The Hall–Kier alpha value is -1.21. The van der Waals surface area contributed by atoms with E-state index in [0.717, 1.165) is 5.39 Å². The van der Waals surface area contributed by atoms with E-state index in [1.165, 1.54) is 6.07 Å². The van der Waals surface area contributed by atoms with E-state index in [1.54, 1.807) is 12.3 Å². The van der Waals surface area contributed by atoms with Gasteiger partial charge in [0.1, 0.15) is 0 Å². The molecule has 0 saturated heterocycles. The van der Waals surface area contributed by atoms with E-state index in [0.29, 0.717) is 31.3 Å². The number of unbranched alkanes of at least 4 members (excludes halogenated alkanes) is 1. The number of para-hydroxylation sites is 1. The summed E-state index contributed by atoms with van der Waals surface area (Å²) < 4.78 is 0. The van der Waals surface area contributed by atoms with Gasteiger partial charge in [0.15, 0.2) is 0 Å². The first kappa shape index (κ1) is 27.6. The number of aliphatic carboxylic acids is 1. The smallest absolute Gasteiger partial charge is 0.0623 e. The van der Waals surface area contributed by atoms with Crippen molar-refractivity contribution in [1.29, 1.82) is 0 Å². The predicted molar refractivity (Wildman–Crippen MR) is 81.6 cm³/mol. The van der Waals surface area contributed by atoms with E-state index in [2.05, 4.69) is 4.98 Å². The van der Waals surface area contributed by atoms with Crippen LogP contribution in [-0.2, 0) is 10.3 Å². The number of carboxylic acids is 1. The number of carboxylic acid groups (broad SMARTS) is 1. The van der Waals surface area contributed by atoms with Gasteiger partial charge in [0.05, 0.1) is 5.52 Å². The number of fused-ring (bicyclic) bond motifs is 1. The van der Waals surface area contributed by atoms with Crippen molar-refractivity contribution in [3.05, 3.63) is 48.0 Å². The van der Waals surface area contributed by atoms with E-state index in [1.807, 2.05) is 18.2 Å². The van der Waals surface area contributed by atoms with Gasteiger partial charge in [-0.1, -0.05) is 55.3 Å². The van der Waals surface area contributed by atoms with Gasteiger partial charge in [-0.3, -0.25) is 4.98 Å². The monoisotopic (exact) mass is 559 g/mol. The van der Waals surface area contributed by atoms with Crippen LogP contribution >= 0.6 is 0 Å². The largest absolute Gasteiger partial charge is 2.00 e. The maximum Gasteiger partial charge on any atom is 0.0623 e. The van der Waals surface area contributed by atoms with Crippen LogP contribution in [0.5, 0.6) is 5.75 Å². The third-order valence-electron chi connectivity index (χ3n) is 2.80. The average Bonchev–Trinajstić information content (AvgIpc) is 2.48. The van der Waals surface area contributed by atoms with Crippen LogP contribution in [0.1, 0.15) is 19.3 Å². The number of rotatable bonds is 5. The third kappa shape index (κ3) is 9.82. The SMILES string of the molecule is O.[NH-]CCCCC([NH-])C(=O)[O-].[O-2].[O-]c1cccc2cccnc12.[U]. The molecule has 9 heteroatoms. The Morgan fingerprint density at radius 1 is 1.21 bits per heavy atom. The number of carbonyl (C=O) groups is 1. The molecule has 0 aliphatic heterocycles. The molecule has 1 atom stereocenters. The van der Waals surface area contributed by atoms with Gasteiger partial charge in [0, 0.05) is 43.3 Å². The Balaban J connectivity index is -0.000000329. The maximum atomic E-state index is 11.1. The van der Waals surface area contributed by atoms with Crippen LogP contribution in [0.25, 0.3) is 22.4 Å². The molecule has 134 valence electrons. The summed E-state index contributed by atoms with van der Waals surface area (Å²) in [4.78, 5) is 13.9. The quantitative estimate of drug-likeness (QED) is 0.490. The minimum absolute atomic E-state index is 0. The summed E-state index contributed by atoms with van der Waals surface area (Å²) in [5.41, 5.74) is 14.2. The van der Waals surface area contributed by atoms with Crippen molar-refractivity contribution in [2.45, 2.75) is 25.3 Å². The first-order chi connectivity index (χ1) is 10.1. The van der Waals surface area contributed by atoms with Gasteiger partial charge >= 0.3 is 0 Å². The minimum atomic E-state index is -1.31. The zero-order valence-corrected chi connectivity index (χ0v) is 17.1. The standard InChI is InChI=1S/C9H7NO.C6H12N2O2.H2O.O.U/c11-8-5-1-3-7-4-2-6-10-9(7)8;7-4-2-1-3-5(8)6(9)10;;;/h1-6,11H;5,7-8H,1-4H2,(H,9,10);1H2;;/q;-2;;-2;/p-2. The van der Waals surface area contributed by atoms with Crippen molar-refractivity contribution in [3.63, 3.8) is 0 Å². The Kier molecular flexibility index (Phi) is 17.6. The van der Waals surface area contributed by atoms with E-state index >= 15 is 0 Å². The van der Waals surface area contributed by atoms with Crippen LogP contribution < -0.4 is 10.2 Å². The molecule has 0 radical (unpaired) electrons. The summed E-state index contributed by atoms with van der Waals surface area (Å²) in [6.45, 7) is 0.305. The van der Waals surface area contributed by atoms with Gasteiger partial charge in [-0.15, -0.1) is 0 Å². The molecule has 0 amide bonds. The maximum absolute atomic E-state index is 11.1. The fourth-order valence-electron chi connectivity index (χ4n) is 1.67. The van der Waals surface area contributed by atoms with Crippen LogP contribution in [0.2, 0.25) is 0 Å². The number of pyridine rings is 1. The van der Waals surface area contributed by atoms with E-state index in [-0.39, 0.29) is 47.8 Å². The topological polar surface area (TPSA) is 184 Å². The predicted octanol–water partition coefficient (Wildman–Crippen LogP) is 0.744. The van der Waals surface area contributed by atoms with Crippen molar-refractivity contribution in [3.8, 4) is 5.75 Å². The fraction of sp³-hybridized carbons (Fsp3) is 0.333.